The van der Waals surface area contributed by atoms with Crippen LogP contribution in [0.3, 0.4) is 0 Å². The maximum atomic E-state index is 12.8. The summed E-state index contributed by atoms with van der Waals surface area (Å²) in [6.07, 6.45) is 7.88. The van der Waals surface area contributed by atoms with Crippen molar-refractivity contribution in [3.8, 4) is 0 Å². The zero-order chi connectivity index (χ0) is 20.3. The molecule has 1 aromatic rings. The van der Waals surface area contributed by atoms with Crippen molar-refractivity contribution in [2.45, 2.75) is 57.0 Å². The molecule has 1 aromatic carbocycles. The van der Waals surface area contributed by atoms with Gasteiger partial charge in [-0.3, -0.25) is 9.69 Å². The molecule has 5 heteroatoms. The Labute approximate surface area is 175 Å². The number of carbonyl (C=O) groups excluding carboxylic acids is 1. The van der Waals surface area contributed by atoms with E-state index in [1.165, 1.54) is 17.5 Å². The van der Waals surface area contributed by atoms with Gasteiger partial charge in [0.1, 0.15) is 0 Å². The maximum absolute atomic E-state index is 12.8. The topological polar surface area (TPSA) is 44.8 Å². The summed E-state index contributed by atoms with van der Waals surface area (Å²) in [5.41, 5.74) is 3.57. The molecule has 0 bridgehead atoms. The molecule has 2 atom stereocenters. The van der Waals surface area contributed by atoms with E-state index in [4.69, 9.17) is 4.74 Å². The fourth-order valence-corrected chi connectivity index (χ4v) is 5.25. The van der Waals surface area contributed by atoms with Gasteiger partial charge in [0.05, 0.1) is 24.0 Å². The van der Waals surface area contributed by atoms with Crippen LogP contribution in [0.15, 0.2) is 36.1 Å². The lowest BCUT2D eigenvalue weighted by molar-refractivity contribution is -0.119. The van der Waals surface area contributed by atoms with Crippen LogP contribution in [0.25, 0.3) is 0 Å². The Morgan fingerprint density at radius 3 is 2.83 bits per heavy atom. The highest BCUT2D eigenvalue weighted by atomic mass is 16.5. The minimum absolute atomic E-state index is 0.0528. The molecule has 0 radical (unpaired) electrons. The van der Waals surface area contributed by atoms with Crippen molar-refractivity contribution >= 4 is 5.91 Å². The van der Waals surface area contributed by atoms with Crippen LogP contribution in [0.2, 0.25) is 0 Å². The first-order chi connectivity index (χ1) is 14.1. The smallest absolute Gasteiger partial charge is 0.250 e. The summed E-state index contributed by atoms with van der Waals surface area (Å²) >= 11 is 0. The summed E-state index contributed by atoms with van der Waals surface area (Å²) in [5, 5.41) is 3.38. The molecular formula is C24H35N3O2. The number of piperidine rings is 1. The van der Waals surface area contributed by atoms with Gasteiger partial charge >= 0.3 is 0 Å². The van der Waals surface area contributed by atoms with Gasteiger partial charge in [0, 0.05) is 25.7 Å². The fraction of sp³-hybridized carbons (Fsp3) is 0.625. The third-order valence-corrected chi connectivity index (χ3v) is 7.11. The summed E-state index contributed by atoms with van der Waals surface area (Å²) in [5.74, 6) is 0.0705. The van der Waals surface area contributed by atoms with Crippen LogP contribution in [-0.4, -0.2) is 67.1 Å². The van der Waals surface area contributed by atoms with E-state index < -0.39 is 0 Å². The van der Waals surface area contributed by atoms with Crippen LogP contribution in [-0.2, 0) is 16.0 Å². The zero-order valence-electron chi connectivity index (χ0n) is 18.0. The van der Waals surface area contributed by atoms with Gasteiger partial charge in [-0.15, -0.1) is 0 Å². The molecule has 0 saturated carbocycles. The maximum Gasteiger partial charge on any atom is 0.250 e. The Hall–Kier alpha value is -1.85. The number of likely N-dealkylation sites (N-methyl/N-ethyl adjacent to an activating group) is 1. The van der Waals surface area contributed by atoms with E-state index in [1.54, 1.807) is 6.26 Å². The van der Waals surface area contributed by atoms with Gasteiger partial charge < -0.3 is 15.0 Å². The van der Waals surface area contributed by atoms with Gasteiger partial charge in [-0.05, 0) is 64.6 Å². The molecule has 0 aliphatic carbocycles. The zero-order valence-corrected chi connectivity index (χ0v) is 18.0. The van der Waals surface area contributed by atoms with E-state index in [2.05, 4.69) is 53.4 Å². The number of nitrogens with one attached hydrogen (secondary N) is 1. The average molecular weight is 398 g/mol. The van der Waals surface area contributed by atoms with Crippen molar-refractivity contribution in [3.63, 3.8) is 0 Å². The summed E-state index contributed by atoms with van der Waals surface area (Å²) < 4.78 is 5.38. The van der Waals surface area contributed by atoms with E-state index in [0.29, 0.717) is 0 Å². The van der Waals surface area contributed by atoms with Crippen LogP contribution >= 0.6 is 0 Å². The van der Waals surface area contributed by atoms with Crippen LogP contribution in [0.1, 0.15) is 43.2 Å². The number of amides is 1. The van der Waals surface area contributed by atoms with Crippen molar-refractivity contribution in [3.05, 3.63) is 47.2 Å². The van der Waals surface area contributed by atoms with Gasteiger partial charge in [0.25, 0.3) is 5.91 Å². The number of hydrogen-bond donors (Lipinski definition) is 1. The highest BCUT2D eigenvalue weighted by molar-refractivity contribution is 5.93. The number of rotatable bonds is 5. The Morgan fingerprint density at radius 1 is 1.24 bits per heavy atom. The molecule has 3 heterocycles. The largest absolute Gasteiger partial charge is 0.501 e. The monoisotopic (exact) mass is 397 g/mol. The highest BCUT2D eigenvalue weighted by Gasteiger charge is 2.49. The van der Waals surface area contributed by atoms with Gasteiger partial charge in [-0.2, -0.15) is 0 Å². The predicted molar refractivity (Wildman–Crippen MR) is 116 cm³/mol. The van der Waals surface area contributed by atoms with Crippen molar-refractivity contribution in [1.29, 1.82) is 0 Å². The lowest BCUT2D eigenvalue weighted by Crippen LogP contribution is -2.63. The number of likely N-dealkylation sites (tertiary alicyclic amines) is 2. The Kier molecular flexibility index (Phi) is 6.26. The molecule has 5 nitrogen and oxygen atoms in total. The number of nitrogens with zero attached hydrogens (tertiary/aromatic N) is 2. The van der Waals surface area contributed by atoms with E-state index in [9.17, 15) is 4.79 Å². The van der Waals surface area contributed by atoms with Crippen LogP contribution < -0.4 is 5.32 Å². The normalized spacial score (nSPS) is 28.2. The predicted octanol–water partition coefficient (Wildman–Crippen LogP) is 2.89. The molecule has 1 N–H and O–H groups in total. The van der Waals surface area contributed by atoms with E-state index in [1.807, 2.05) is 0 Å². The summed E-state index contributed by atoms with van der Waals surface area (Å²) in [6, 6.07) is 9.12. The van der Waals surface area contributed by atoms with Gasteiger partial charge in [0.2, 0.25) is 0 Å². The summed E-state index contributed by atoms with van der Waals surface area (Å²) in [7, 11) is 2.23. The standard InChI is InChI=1S/C24H35N3O2/c1-19-6-8-20(9-7-19)10-15-27-13-4-12-24(18-27)22(11-14-26(24)2)25-23(28)21-5-3-16-29-17-21/h6-9,17,22H,3-5,10-16,18H2,1-2H3,(H,25,28). The quantitative estimate of drug-likeness (QED) is 0.830. The van der Waals surface area contributed by atoms with Gasteiger partial charge in [-0.1, -0.05) is 29.8 Å². The first-order valence-corrected chi connectivity index (χ1v) is 11.2. The van der Waals surface area contributed by atoms with Crippen molar-refractivity contribution in [1.82, 2.24) is 15.1 Å². The Balaban J connectivity index is 1.40. The first kappa shape index (κ1) is 20.4. The number of hydrogen-bond acceptors (Lipinski definition) is 4. The highest BCUT2D eigenvalue weighted by Crippen LogP contribution is 2.36. The number of carbonyl (C=O) groups is 1. The Bertz CT molecular complexity index is 745. The molecule has 2 unspecified atom stereocenters. The van der Waals surface area contributed by atoms with E-state index in [-0.39, 0.29) is 17.5 Å². The van der Waals surface area contributed by atoms with Gasteiger partial charge in [0.15, 0.2) is 0 Å². The Morgan fingerprint density at radius 2 is 2.07 bits per heavy atom. The van der Waals surface area contributed by atoms with Crippen LogP contribution in [0.4, 0.5) is 0 Å². The summed E-state index contributed by atoms with van der Waals surface area (Å²) in [6.45, 7) is 7.18. The molecule has 3 aliphatic heterocycles. The van der Waals surface area contributed by atoms with Crippen molar-refractivity contribution in [2.24, 2.45) is 0 Å². The van der Waals surface area contributed by atoms with E-state index >= 15 is 0 Å². The first-order valence-electron chi connectivity index (χ1n) is 11.2. The SMILES string of the molecule is Cc1ccc(CCN2CCCC3(C2)C(NC(=O)C2=COCCC2)CCN3C)cc1. The molecule has 2 fully saturated rings. The number of ether oxygens (including phenoxy) is 1. The average Bonchev–Trinajstić information content (AvgIpc) is 3.03. The molecule has 29 heavy (non-hydrogen) atoms. The molecule has 0 aromatic heterocycles. The second-order valence-electron chi connectivity index (χ2n) is 9.07. The van der Waals surface area contributed by atoms with E-state index in [0.717, 1.165) is 70.5 Å². The second kappa shape index (κ2) is 8.88. The second-order valence-corrected chi connectivity index (χ2v) is 9.07. The van der Waals surface area contributed by atoms with Crippen LogP contribution in [0.5, 0.6) is 0 Å². The van der Waals surface area contributed by atoms with Crippen molar-refractivity contribution in [2.75, 3.05) is 39.8 Å². The molecule has 4 rings (SSSR count). The fourth-order valence-electron chi connectivity index (χ4n) is 5.25. The molecule has 2 saturated heterocycles. The molecule has 3 aliphatic rings. The number of aryl methyl sites for hydroxylation is 1. The number of benzene rings is 1. The summed E-state index contributed by atoms with van der Waals surface area (Å²) in [4.78, 5) is 17.9. The van der Waals surface area contributed by atoms with Crippen molar-refractivity contribution < 1.29 is 9.53 Å². The minimum atomic E-state index is 0.0528. The third kappa shape index (κ3) is 4.51. The van der Waals surface area contributed by atoms with Crippen LogP contribution in [0, 0.1) is 6.92 Å². The minimum Gasteiger partial charge on any atom is -0.501 e. The van der Waals surface area contributed by atoms with Gasteiger partial charge in [-0.25, -0.2) is 0 Å². The third-order valence-electron chi connectivity index (χ3n) is 7.11. The molecule has 158 valence electrons. The molecule has 1 spiro atoms. The lowest BCUT2D eigenvalue weighted by Gasteiger charge is -2.48. The molecule has 1 amide bonds. The lowest BCUT2D eigenvalue weighted by atomic mass is 9.82. The molecular weight excluding hydrogens is 362 g/mol.